The Hall–Kier alpha value is -2.30. The molecule has 134 valence electrons. The van der Waals surface area contributed by atoms with Crippen molar-refractivity contribution in [2.75, 3.05) is 5.88 Å². The number of para-hydroxylation sites is 1. The molecule has 0 radical (unpaired) electrons. The number of aromatic nitrogens is 2. The number of rotatable bonds is 5. The van der Waals surface area contributed by atoms with Gasteiger partial charge in [0.1, 0.15) is 0 Å². The van der Waals surface area contributed by atoms with Crippen LogP contribution in [-0.2, 0) is 4.79 Å². The van der Waals surface area contributed by atoms with Crippen molar-refractivity contribution in [2.45, 2.75) is 13.8 Å². The average molecular weight is 389 g/mol. The maximum Gasteiger partial charge on any atom is 0.319 e. The molecule has 26 heavy (non-hydrogen) atoms. The number of ether oxygens (including phenoxy) is 1. The van der Waals surface area contributed by atoms with Crippen LogP contribution >= 0.6 is 23.2 Å². The van der Waals surface area contributed by atoms with Gasteiger partial charge >= 0.3 is 5.97 Å². The van der Waals surface area contributed by atoms with Gasteiger partial charge in [-0.1, -0.05) is 54.1 Å². The molecule has 0 aliphatic carbocycles. The van der Waals surface area contributed by atoms with Crippen LogP contribution in [0.4, 0.5) is 0 Å². The lowest BCUT2D eigenvalue weighted by atomic mass is 9.97. The minimum Gasteiger partial charge on any atom is -0.407 e. The highest BCUT2D eigenvalue weighted by Crippen LogP contribution is 2.31. The van der Waals surface area contributed by atoms with Gasteiger partial charge < -0.3 is 4.74 Å². The number of carbonyl (C=O) groups excluding carboxylic acids is 1. The molecule has 0 N–H and O–H groups in total. The second kappa shape index (κ2) is 7.52. The Morgan fingerprint density at radius 1 is 1.12 bits per heavy atom. The standard InChI is InChI=1S/C20H18Cl2N2O2/c1-20(2,13-21)19(25)26-18-12-16(14-8-4-3-5-9-14)23-24(18)17-11-7-6-10-15(17)22/h3-12H,13H2,1-2H3. The van der Waals surface area contributed by atoms with E-state index in [-0.39, 0.29) is 5.88 Å². The van der Waals surface area contributed by atoms with Gasteiger partial charge in [0.25, 0.3) is 0 Å². The number of nitrogens with zero attached hydrogens (tertiary/aromatic N) is 2. The van der Waals surface area contributed by atoms with Crippen LogP contribution in [0.5, 0.6) is 5.88 Å². The van der Waals surface area contributed by atoms with Crippen LogP contribution in [0.25, 0.3) is 16.9 Å². The molecule has 0 unspecified atom stereocenters. The minimum absolute atomic E-state index is 0.150. The highest BCUT2D eigenvalue weighted by molar-refractivity contribution is 6.32. The molecule has 0 saturated heterocycles. The van der Waals surface area contributed by atoms with Crippen LogP contribution < -0.4 is 4.74 Å². The van der Waals surface area contributed by atoms with Crippen LogP contribution in [0.3, 0.4) is 0 Å². The second-order valence-electron chi connectivity index (χ2n) is 6.50. The van der Waals surface area contributed by atoms with E-state index in [1.54, 1.807) is 26.0 Å². The molecular weight excluding hydrogens is 371 g/mol. The lowest BCUT2D eigenvalue weighted by molar-refractivity contribution is -0.143. The summed E-state index contributed by atoms with van der Waals surface area (Å²) in [5.74, 6) is 0.0119. The molecule has 0 saturated carbocycles. The van der Waals surface area contributed by atoms with Crippen molar-refractivity contribution in [3.63, 3.8) is 0 Å². The smallest absolute Gasteiger partial charge is 0.319 e. The Morgan fingerprint density at radius 2 is 1.77 bits per heavy atom. The zero-order chi connectivity index (χ0) is 18.7. The first-order valence-electron chi connectivity index (χ1n) is 8.11. The van der Waals surface area contributed by atoms with Gasteiger partial charge in [-0.05, 0) is 26.0 Å². The van der Waals surface area contributed by atoms with Gasteiger partial charge in [-0.15, -0.1) is 11.6 Å². The SMILES string of the molecule is CC(C)(CCl)C(=O)Oc1cc(-c2ccccc2)nn1-c1ccccc1Cl. The summed E-state index contributed by atoms with van der Waals surface area (Å²) in [5, 5.41) is 5.10. The van der Waals surface area contributed by atoms with Crippen molar-refractivity contribution in [1.29, 1.82) is 0 Å². The topological polar surface area (TPSA) is 44.1 Å². The molecule has 3 aromatic rings. The third kappa shape index (κ3) is 3.76. The molecule has 0 bridgehead atoms. The first-order valence-corrected chi connectivity index (χ1v) is 9.02. The van der Waals surface area contributed by atoms with E-state index in [1.165, 1.54) is 4.68 Å². The van der Waals surface area contributed by atoms with Gasteiger partial charge in [0.2, 0.25) is 5.88 Å². The van der Waals surface area contributed by atoms with Crippen molar-refractivity contribution < 1.29 is 9.53 Å². The molecule has 2 aromatic carbocycles. The van der Waals surface area contributed by atoms with Crippen molar-refractivity contribution in [3.8, 4) is 22.8 Å². The van der Waals surface area contributed by atoms with E-state index in [9.17, 15) is 4.79 Å². The number of hydrogen-bond acceptors (Lipinski definition) is 3. The van der Waals surface area contributed by atoms with Crippen molar-refractivity contribution in [3.05, 3.63) is 65.7 Å². The summed E-state index contributed by atoms with van der Waals surface area (Å²) in [6.07, 6.45) is 0. The monoisotopic (exact) mass is 388 g/mol. The van der Waals surface area contributed by atoms with E-state index < -0.39 is 11.4 Å². The van der Waals surface area contributed by atoms with Crippen molar-refractivity contribution in [1.82, 2.24) is 9.78 Å². The first-order chi connectivity index (χ1) is 12.4. The van der Waals surface area contributed by atoms with Crippen LogP contribution in [0.2, 0.25) is 5.02 Å². The van der Waals surface area contributed by atoms with Gasteiger partial charge in [-0.25, -0.2) is 0 Å². The summed E-state index contributed by atoms with van der Waals surface area (Å²) in [4.78, 5) is 12.5. The zero-order valence-corrected chi connectivity index (χ0v) is 16.0. The molecule has 6 heteroatoms. The van der Waals surface area contributed by atoms with Crippen LogP contribution in [0.1, 0.15) is 13.8 Å². The molecule has 0 aliphatic rings. The largest absolute Gasteiger partial charge is 0.407 e. The number of esters is 1. The summed E-state index contributed by atoms with van der Waals surface area (Å²) < 4.78 is 7.17. The average Bonchev–Trinajstić information content (AvgIpc) is 3.06. The highest BCUT2D eigenvalue weighted by atomic mass is 35.5. The van der Waals surface area contributed by atoms with Crippen molar-refractivity contribution >= 4 is 29.2 Å². The van der Waals surface area contributed by atoms with Crippen LogP contribution in [0.15, 0.2) is 60.7 Å². The molecule has 0 fully saturated rings. The third-order valence-corrected chi connectivity index (χ3v) is 4.90. The predicted molar refractivity (Wildman–Crippen MR) is 104 cm³/mol. The zero-order valence-electron chi connectivity index (χ0n) is 14.4. The van der Waals surface area contributed by atoms with Gasteiger partial charge in [-0.3, -0.25) is 4.79 Å². The Morgan fingerprint density at radius 3 is 2.42 bits per heavy atom. The van der Waals surface area contributed by atoms with Crippen LogP contribution in [-0.4, -0.2) is 21.6 Å². The second-order valence-corrected chi connectivity index (χ2v) is 7.18. The van der Waals surface area contributed by atoms with E-state index in [1.807, 2.05) is 48.5 Å². The summed E-state index contributed by atoms with van der Waals surface area (Å²) >= 11 is 12.2. The number of halogens is 2. The summed E-state index contributed by atoms with van der Waals surface area (Å²) in [5.41, 5.74) is 1.40. The normalized spacial score (nSPS) is 11.4. The summed E-state index contributed by atoms with van der Waals surface area (Å²) in [7, 11) is 0. The Balaban J connectivity index is 2.08. The highest BCUT2D eigenvalue weighted by Gasteiger charge is 2.30. The molecule has 1 aromatic heterocycles. The lowest BCUT2D eigenvalue weighted by Gasteiger charge is -2.19. The maximum absolute atomic E-state index is 12.5. The predicted octanol–water partition coefficient (Wildman–Crippen LogP) is 5.36. The van der Waals surface area contributed by atoms with E-state index in [2.05, 4.69) is 5.10 Å². The third-order valence-electron chi connectivity index (χ3n) is 3.91. The van der Waals surface area contributed by atoms with Gasteiger partial charge in [0, 0.05) is 17.5 Å². The Kier molecular flexibility index (Phi) is 5.35. The quantitative estimate of drug-likeness (QED) is 0.436. The number of alkyl halides is 1. The molecule has 0 aliphatic heterocycles. The molecule has 3 rings (SSSR count). The maximum atomic E-state index is 12.5. The van der Waals surface area contributed by atoms with E-state index in [0.717, 1.165) is 5.56 Å². The molecule has 0 amide bonds. The van der Waals surface area contributed by atoms with Gasteiger partial charge in [0.05, 0.1) is 21.8 Å². The molecule has 0 spiro atoms. The molecular formula is C20H18Cl2N2O2. The first kappa shape index (κ1) is 18.5. The summed E-state index contributed by atoms with van der Waals surface area (Å²) in [6, 6.07) is 18.6. The fourth-order valence-corrected chi connectivity index (χ4v) is 2.60. The molecule has 1 heterocycles. The van der Waals surface area contributed by atoms with E-state index in [4.69, 9.17) is 27.9 Å². The van der Waals surface area contributed by atoms with Crippen molar-refractivity contribution in [2.24, 2.45) is 5.41 Å². The van der Waals surface area contributed by atoms with E-state index >= 15 is 0 Å². The fourth-order valence-electron chi connectivity index (χ4n) is 2.27. The van der Waals surface area contributed by atoms with Crippen LogP contribution in [0, 0.1) is 5.41 Å². The minimum atomic E-state index is -0.815. The fraction of sp³-hybridized carbons (Fsp3) is 0.200. The van der Waals surface area contributed by atoms with Gasteiger partial charge in [-0.2, -0.15) is 9.78 Å². The number of hydrogen-bond donors (Lipinski definition) is 0. The molecule has 4 nitrogen and oxygen atoms in total. The number of carbonyl (C=O) groups is 1. The number of benzene rings is 2. The van der Waals surface area contributed by atoms with Gasteiger partial charge in [0.15, 0.2) is 0 Å². The van der Waals surface area contributed by atoms with E-state index in [0.29, 0.717) is 22.3 Å². The lowest BCUT2D eigenvalue weighted by Crippen LogP contribution is -2.31. The molecule has 0 atom stereocenters. The Bertz CT molecular complexity index is 921. The summed E-state index contributed by atoms with van der Waals surface area (Å²) in [6.45, 7) is 3.47. The Labute approximate surface area is 162 Å².